The van der Waals surface area contributed by atoms with E-state index in [9.17, 15) is 8.78 Å². The average molecular weight is 223 g/mol. The topological polar surface area (TPSA) is 39.9 Å². The van der Waals surface area contributed by atoms with Gasteiger partial charge in [0.15, 0.2) is 0 Å². The van der Waals surface area contributed by atoms with E-state index in [-0.39, 0.29) is 12.3 Å². The second-order valence-electron chi connectivity index (χ2n) is 3.88. The van der Waals surface area contributed by atoms with Gasteiger partial charge in [-0.2, -0.15) is 5.26 Å². The van der Waals surface area contributed by atoms with E-state index in [1.54, 1.807) is 18.3 Å². The number of pyridine rings is 1. The molecule has 84 valence electrons. The van der Waals surface area contributed by atoms with E-state index in [0.717, 1.165) is 0 Å². The normalized spacial score (nSPS) is 16.0. The largest absolute Gasteiger partial charge is 0.355 e. The molecule has 0 atom stereocenters. The minimum atomic E-state index is -2.24. The number of hydrogen-bond acceptors (Lipinski definition) is 3. The van der Waals surface area contributed by atoms with Gasteiger partial charge in [0, 0.05) is 25.7 Å². The van der Waals surface area contributed by atoms with Crippen molar-refractivity contribution in [2.24, 2.45) is 5.92 Å². The van der Waals surface area contributed by atoms with Crippen LogP contribution in [0.3, 0.4) is 0 Å². The van der Waals surface area contributed by atoms with E-state index in [1.165, 1.54) is 0 Å². The Hall–Kier alpha value is -1.70. The van der Waals surface area contributed by atoms with E-state index in [2.05, 4.69) is 4.98 Å². The van der Waals surface area contributed by atoms with Crippen molar-refractivity contribution in [3.05, 3.63) is 23.9 Å². The van der Waals surface area contributed by atoms with E-state index < -0.39 is 6.43 Å². The number of rotatable bonds is 3. The zero-order valence-corrected chi connectivity index (χ0v) is 8.61. The third-order valence-corrected chi connectivity index (χ3v) is 2.68. The highest BCUT2D eigenvalue weighted by Crippen LogP contribution is 2.28. The molecule has 0 saturated carbocycles. The van der Waals surface area contributed by atoms with E-state index in [4.69, 9.17) is 5.26 Å². The first-order valence-electron chi connectivity index (χ1n) is 5.09. The third-order valence-electron chi connectivity index (χ3n) is 2.68. The average Bonchev–Trinajstić information content (AvgIpc) is 2.22. The third kappa shape index (κ3) is 2.11. The maximum absolute atomic E-state index is 12.1. The number of alkyl halides is 2. The van der Waals surface area contributed by atoms with Crippen molar-refractivity contribution in [1.82, 2.24) is 4.98 Å². The lowest BCUT2D eigenvalue weighted by molar-refractivity contribution is 0.107. The predicted molar refractivity (Wildman–Crippen MR) is 55.3 cm³/mol. The number of anilines is 1. The Labute approximate surface area is 92.3 Å². The molecule has 1 aromatic heterocycles. The van der Waals surface area contributed by atoms with E-state index in [1.807, 2.05) is 11.0 Å². The zero-order chi connectivity index (χ0) is 11.5. The van der Waals surface area contributed by atoms with Gasteiger partial charge in [0.05, 0.1) is 5.56 Å². The van der Waals surface area contributed by atoms with Crippen LogP contribution in [0, 0.1) is 17.2 Å². The van der Waals surface area contributed by atoms with E-state index in [0.29, 0.717) is 24.5 Å². The molecule has 0 aliphatic carbocycles. The van der Waals surface area contributed by atoms with Gasteiger partial charge in [-0.05, 0) is 18.1 Å². The number of halogens is 2. The molecule has 16 heavy (non-hydrogen) atoms. The highest BCUT2D eigenvalue weighted by Gasteiger charge is 2.31. The summed E-state index contributed by atoms with van der Waals surface area (Å²) < 4.78 is 24.2. The van der Waals surface area contributed by atoms with Crippen LogP contribution < -0.4 is 4.90 Å². The minimum Gasteiger partial charge on any atom is -0.355 e. The maximum Gasteiger partial charge on any atom is 0.239 e. The van der Waals surface area contributed by atoms with Crippen molar-refractivity contribution < 1.29 is 8.78 Å². The summed E-state index contributed by atoms with van der Waals surface area (Å²) in [5, 5.41) is 8.86. The number of hydrogen-bond donors (Lipinski definition) is 0. The van der Waals surface area contributed by atoms with Gasteiger partial charge in [0.25, 0.3) is 0 Å². The fourth-order valence-electron chi connectivity index (χ4n) is 1.88. The molecule has 1 saturated heterocycles. The van der Waals surface area contributed by atoms with Crippen LogP contribution in [-0.2, 0) is 0 Å². The van der Waals surface area contributed by atoms with Crippen LogP contribution in [0.5, 0.6) is 0 Å². The second-order valence-corrected chi connectivity index (χ2v) is 3.88. The molecule has 0 radical (unpaired) electrons. The van der Waals surface area contributed by atoms with Gasteiger partial charge < -0.3 is 4.90 Å². The summed E-state index contributed by atoms with van der Waals surface area (Å²) in [5.41, 5.74) is 0.498. The zero-order valence-electron chi connectivity index (χ0n) is 8.61. The Bertz CT molecular complexity index is 408. The lowest BCUT2D eigenvalue weighted by Crippen LogP contribution is -2.48. The Kier molecular flexibility index (Phi) is 3.00. The van der Waals surface area contributed by atoms with Crippen molar-refractivity contribution in [2.75, 3.05) is 18.0 Å². The van der Waals surface area contributed by atoms with Crippen LogP contribution >= 0.6 is 0 Å². The first-order valence-corrected chi connectivity index (χ1v) is 5.09. The van der Waals surface area contributed by atoms with Gasteiger partial charge in [-0.3, -0.25) is 0 Å². The smallest absolute Gasteiger partial charge is 0.239 e. The highest BCUT2D eigenvalue weighted by atomic mass is 19.3. The fourth-order valence-corrected chi connectivity index (χ4v) is 1.88. The van der Waals surface area contributed by atoms with Crippen LogP contribution in [0.25, 0.3) is 0 Å². The van der Waals surface area contributed by atoms with Gasteiger partial charge in [0.2, 0.25) is 6.43 Å². The summed E-state index contributed by atoms with van der Waals surface area (Å²) in [6, 6.07) is 5.42. The predicted octanol–water partition coefficient (Wildman–Crippen LogP) is 2.04. The van der Waals surface area contributed by atoms with Crippen LogP contribution in [0.1, 0.15) is 12.0 Å². The molecular weight excluding hydrogens is 212 g/mol. The van der Waals surface area contributed by atoms with Gasteiger partial charge in [0.1, 0.15) is 11.9 Å². The van der Waals surface area contributed by atoms with Gasteiger partial charge >= 0.3 is 0 Å². The van der Waals surface area contributed by atoms with Crippen molar-refractivity contribution in [3.8, 4) is 6.07 Å². The highest BCUT2D eigenvalue weighted by molar-refractivity contribution is 5.54. The minimum absolute atomic E-state index is 0.0218. The molecule has 0 N–H and O–H groups in total. The van der Waals surface area contributed by atoms with Gasteiger partial charge in [-0.15, -0.1) is 0 Å². The summed E-state index contributed by atoms with van der Waals surface area (Å²) in [5.74, 6) is 0.629. The van der Waals surface area contributed by atoms with Crippen molar-refractivity contribution in [3.63, 3.8) is 0 Å². The molecule has 1 fully saturated rings. The second kappa shape index (κ2) is 4.44. The molecule has 1 aliphatic heterocycles. The first-order chi connectivity index (χ1) is 7.70. The lowest BCUT2D eigenvalue weighted by Gasteiger charge is -2.40. The molecule has 0 unspecified atom stereocenters. The molecule has 5 heteroatoms. The Balaban J connectivity index is 1.99. The molecule has 1 aromatic rings. The number of aromatic nitrogens is 1. The maximum atomic E-state index is 12.1. The summed E-state index contributed by atoms with van der Waals surface area (Å²) in [6.07, 6.45) is -0.701. The van der Waals surface area contributed by atoms with Gasteiger partial charge in [-0.25, -0.2) is 13.8 Å². The summed E-state index contributed by atoms with van der Waals surface area (Å²) in [6.45, 7) is 1.13. The Morgan fingerprint density at radius 3 is 2.94 bits per heavy atom. The lowest BCUT2D eigenvalue weighted by atomic mass is 9.96. The molecule has 2 rings (SSSR count). The molecule has 0 aromatic carbocycles. The Morgan fingerprint density at radius 1 is 1.56 bits per heavy atom. The molecule has 0 spiro atoms. The van der Waals surface area contributed by atoms with E-state index >= 15 is 0 Å². The summed E-state index contributed by atoms with van der Waals surface area (Å²) in [7, 11) is 0. The fraction of sp³-hybridized carbons (Fsp3) is 0.455. The summed E-state index contributed by atoms with van der Waals surface area (Å²) >= 11 is 0. The summed E-state index contributed by atoms with van der Waals surface area (Å²) in [4.78, 5) is 5.97. The van der Waals surface area contributed by atoms with Crippen molar-refractivity contribution >= 4 is 5.82 Å². The van der Waals surface area contributed by atoms with Gasteiger partial charge in [-0.1, -0.05) is 0 Å². The molecule has 0 bridgehead atoms. The molecule has 0 amide bonds. The molecule has 1 aliphatic rings. The number of nitriles is 1. The monoisotopic (exact) mass is 223 g/mol. The van der Waals surface area contributed by atoms with Crippen LogP contribution in [0.4, 0.5) is 14.6 Å². The molecule has 2 heterocycles. The Morgan fingerprint density at radius 2 is 2.31 bits per heavy atom. The quantitative estimate of drug-likeness (QED) is 0.787. The molecule has 3 nitrogen and oxygen atoms in total. The van der Waals surface area contributed by atoms with Crippen molar-refractivity contribution in [1.29, 1.82) is 5.26 Å². The van der Waals surface area contributed by atoms with Crippen LogP contribution in [-0.4, -0.2) is 24.5 Å². The molecular formula is C11H11F2N3. The van der Waals surface area contributed by atoms with Crippen LogP contribution in [0.15, 0.2) is 18.3 Å². The van der Waals surface area contributed by atoms with Crippen LogP contribution in [0.2, 0.25) is 0 Å². The number of nitrogens with zero attached hydrogens (tertiary/aromatic N) is 3. The van der Waals surface area contributed by atoms with Crippen molar-refractivity contribution in [2.45, 2.75) is 12.8 Å². The SMILES string of the molecule is N#Cc1cccnc1N1CC(CC(F)F)C1. The first kappa shape index (κ1) is 10.8. The standard InChI is InChI=1S/C11H11F2N3/c12-10(13)4-8-6-16(7-8)11-9(5-14)2-1-3-15-11/h1-3,8,10H,4,6-7H2.